The van der Waals surface area contributed by atoms with Crippen LogP contribution in [0.3, 0.4) is 0 Å². The molecular weight excluding hydrogens is 274 g/mol. The lowest BCUT2D eigenvalue weighted by atomic mass is 10.2. The van der Waals surface area contributed by atoms with Gasteiger partial charge in [0.1, 0.15) is 4.88 Å². The largest absolute Gasteiger partial charge is 0.477 e. The first-order valence-electron chi connectivity index (χ1n) is 5.36. The van der Waals surface area contributed by atoms with E-state index in [-0.39, 0.29) is 5.92 Å². The average molecular weight is 286 g/mol. The number of hydrogen-bond acceptors (Lipinski definition) is 4. The first-order chi connectivity index (χ1) is 8.47. The van der Waals surface area contributed by atoms with Crippen molar-refractivity contribution in [2.45, 2.75) is 26.3 Å². The standard InChI is InChI=1S/C11H12ClN3O2S/c1-6(4-15-5-8(12)3-13-15)10-14-7(2)9(18-10)11(16)17/h3,5-6H,4H2,1-2H3,(H,16,17). The SMILES string of the molecule is Cc1nc(C(C)Cn2cc(Cl)cn2)sc1C(=O)O. The lowest BCUT2D eigenvalue weighted by Gasteiger charge is -2.07. The molecule has 18 heavy (non-hydrogen) atoms. The molecule has 0 aliphatic rings. The third-order valence-electron chi connectivity index (χ3n) is 2.49. The van der Waals surface area contributed by atoms with Crippen LogP contribution in [0.1, 0.15) is 33.2 Å². The Morgan fingerprint density at radius 1 is 1.67 bits per heavy atom. The highest BCUT2D eigenvalue weighted by Gasteiger charge is 2.18. The molecule has 2 heterocycles. The van der Waals surface area contributed by atoms with Crippen molar-refractivity contribution in [3.63, 3.8) is 0 Å². The van der Waals surface area contributed by atoms with Gasteiger partial charge < -0.3 is 5.11 Å². The number of aryl methyl sites for hydroxylation is 1. The molecule has 2 aromatic heterocycles. The third-order valence-corrected chi connectivity index (χ3v) is 4.06. The molecule has 2 rings (SSSR count). The Bertz CT molecular complexity index is 579. The Morgan fingerprint density at radius 3 is 2.89 bits per heavy atom. The summed E-state index contributed by atoms with van der Waals surface area (Å²) in [6, 6.07) is 0. The number of aromatic nitrogens is 3. The molecule has 0 aromatic carbocycles. The van der Waals surface area contributed by atoms with Crippen LogP contribution in [0.15, 0.2) is 12.4 Å². The van der Waals surface area contributed by atoms with E-state index in [1.807, 2.05) is 6.92 Å². The molecule has 1 unspecified atom stereocenters. The number of halogens is 1. The van der Waals surface area contributed by atoms with Gasteiger partial charge in [0.15, 0.2) is 0 Å². The number of nitrogens with zero attached hydrogens (tertiary/aromatic N) is 3. The van der Waals surface area contributed by atoms with Crippen molar-refractivity contribution in [3.05, 3.63) is 33.0 Å². The van der Waals surface area contributed by atoms with Crippen LogP contribution in [0.4, 0.5) is 0 Å². The van der Waals surface area contributed by atoms with Gasteiger partial charge >= 0.3 is 5.97 Å². The van der Waals surface area contributed by atoms with Gasteiger partial charge in [-0.25, -0.2) is 9.78 Å². The highest BCUT2D eigenvalue weighted by molar-refractivity contribution is 7.13. The van der Waals surface area contributed by atoms with E-state index in [9.17, 15) is 4.79 Å². The number of hydrogen-bond donors (Lipinski definition) is 1. The Kier molecular flexibility index (Phi) is 3.68. The molecule has 0 aliphatic carbocycles. The minimum atomic E-state index is -0.925. The average Bonchev–Trinajstić information content (AvgIpc) is 2.85. The number of carboxylic acids is 1. The van der Waals surface area contributed by atoms with Gasteiger partial charge in [-0.2, -0.15) is 5.10 Å². The van der Waals surface area contributed by atoms with E-state index in [0.717, 1.165) is 5.01 Å². The topological polar surface area (TPSA) is 68.0 Å². The highest BCUT2D eigenvalue weighted by atomic mass is 35.5. The summed E-state index contributed by atoms with van der Waals surface area (Å²) in [5.74, 6) is -0.830. The van der Waals surface area contributed by atoms with Gasteiger partial charge in [0.2, 0.25) is 0 Å². The summed E-state index contributed by atoms with van der Waals surface area (Å²) >= 11 is 7.00. The third kappa shape index (κ3) is 2.70. The van der Waals surface area contributed by atoms with Crippen molar-refractivity contribution in [1.29, 1.82) is 0 Å². The second-order valence-electron chi connectivity index (χ2n) is 4.05. The Balaban J connectivity index is 2.16. The number of thiazole rings is 1. The zero-order valence-corrected chi connectivity index (χ0v) is 11.5. The molecule has 0 bridgehead atoms. The molecule has 0 saturated heterocycles. The minimum Gasteiger partial charge on any atom is -0.477 e. The van der Waals surface area contributed by atoms with E-state index in [4.69, 9.17) is 16.7 Å². The van der Waals surface area contributed by atoms with E-state index in [1.165, 1.54) is 11.3 Å². The van der Waals surface area contributed by atoms with Crippen LogP contribution in [0.2, 0.25) is 5.02 Å². The van der Waals surface area contributed by atoms with Gasteiger partial charge in [-0.15, -0.1) is 11.3 Å². The fourth-order valence-electron chi connectivity index (χ4n) is 1.62. The molecule has 7 heteroatoms. The fourth-order valence-corrected chi connectivity index (χ4v) is 2.73. The quantitative estimate of drug-likeness (QED) is 0.938. The van der Waals surface area contributed by atoms with Crippen LogP contribution in [0, 0.1) is 6.92 Å². The molecule has 0 radical (unpaired) electrons. The van der Waals surface area contributed by atoms with Crippen LogP contribution in [0.5, 0.6) is 0 Å². The van der Waals surface area contributed by atoms with Gasteiger partial charge in [-0.3, -0.25) is 4.68 Å². The van der Waals surface area contributed by atoms with Crippen LogP contribution < -0.4 is 0 Å². The molecule has 1 atom stereocenters. The summed E-state index contributed by atoms with van der Waals surface area (Å²) in [6.07, 6.45) is 3.31. The molecule has 1 N–H and O–H groups in total. The summed E-state index contributed by atoms with van der Waals surface area (Å²) < 4.78 is 1.73. The summed E-state index contributed by atoms with van der Waals surface area (Å²) in [5.41, 5.74) is 0.563. The second-order valence-corrected chi connectivity index (χ2v) is 5.52. The molecule has 0 spiro atoms. The Labute approximate surface area is 113 Å². The molecule has 0 saturated carbocycles. The van der Waals surface area contributed by atoms with Gasteiger partial charge in [0.25, 0.3) is 0 Å². The van der Waals surface area contributed by atoms with E-state index >= 15 is 0 Å². The minimum absolute atomic E-state index is 0.0952. The van der Waals surface area contributed by atoms with Crippen LogP contribution in [-0.2, 0) is 6.54 Å². The van der Waals surface area contributed by atoms with Crippen LogP contribution in [-0.4, -0.2) is 25.8 Å². The van der Waals surface area contributed by atoms with Crippen molar-refractivity contribution in [2.24, 2.45) is 0 Å². The number of aromatic carboxylic acids is 1. The maximum atomic E-state index is 11.0. The van der Waals surface area contributed by atoms with Gasteiger partial charge in [-0.05, 0) is 6.92 Å². The number of carboxylic acid groups (broad SMARTS) is 1. The molecule has 2 aromatic rings. The summed E-state index contributed by atoms with van der Waals surface area (Å²) in [4.78, 5) is 15.6. The highest BCUT2D eigenvalue weighted by Crippen LogP contribution is 2.26. The molecule has 0 amide bonds. The molecule has 5 nitrogen and oxygen atoms in total. The van der Waals surface area contributed by atoms with E-state index < -0.39 is 5.97 Å². The van der Waals surface area contributed by atoms with Crippen molar-refractivity contribution in [3.8, 4) is 0 Å². The molecular formula is C11H12ClN3O2S. The summed E-state index contributed by atoms with van der Waals surface area (Å²) in [5, 5.41) is 14.5. The predicted molar refractivity (Wildman–Crippen MR) is 69.5 cm³/mol. The number of carbonyl (C=O) groups is 1. The summed E-state index contributed by atoms with van der Waals surface area (Å²) in [7, 11) is 0. The van der Waals surface area contributed by atoms with E-state index in [1.54, 1.807) is 24.0 Å². The first-order valence-corrected chi connectivity index (χ1v) is 6.55. The first kappa shape index (κ1) is 13.0. The van der Waals surface area contributed by atoms with Crippen LogP contribution >= 0.6 is 22.9 Å². The lowest BCUT2D eigenvalue weighted by molar-refractivity contribution is 0.0701. The molecule has 0 aliphatic heterocycles. The molecule has 96 valence electrons. The Hall–Kier alpha value is -1.40. The van der Waals surface area contributed by atoms with Crippen LogP contribution in [0.25, 0.3) is 0 Å². The normalized spacial score (nSPS) is 12.6. The predicted octanol–water partition coefficient (Wildman–Crippen LogP) is 2.80. The second kappa shape index (κ2) is 5.07. The maximum Gasteiger partial charge on any atom is 0.347 e. The monoisotopic (exact) mass is 285 g/mol. The fraction of sp³-hybridized carbons (Fsp3) is 0.364. The van der Waals surface area contributed by atoms with E-state index in [0.29, 0.717) is 22.1 Å². The van der Waals surface area contributed by atoms with Gasteiger partial charge in [-0.1, -0.05) is 18.5 Å². The smallest absolute Gasteiger partial charge is 0.347 e. The van der Waals surface area contributed by atoms with E-state index in [2.05, 4.69) is 10.1 Å². The Morgan fingerprint density at radius 2 is 2.39 bits per heavy atom. The van der Waals surface area contributed by atoms with Crippen molar-refractivity contribution in [2.75, 3.05) is 0 Å². The van der Waals surface area contributed by atoms with Crippen molar-refractivity contribution in [1.82, 2.24) is 14.8 Å². The van der Waals surface area contributed by atoms with Crippen molar-refractivity contribution >= 4 is 28.9 Å². The summed E-state index contributed by atoms with van der Waals surface area (Å²) in [6.45, 7) is 4.32. The van der Waals surface area contributed by atoms with Gasteiger partial charge in [0, 0.05) is 18.7 Å². The zero-order valence-electron chi connectivity index (χ0n) is 9.92. The van der Waals surface area contributed by atoms with Crippen molar-refractivity contribution < 1.29 is 9.90 Å². The van der Waals surface area contributed by atoms with Gasteiger partial charge in [0.05, 0.1) is 21.9 Å². The molecule has 0 fully saturated rings. The lowest BCUT2D eigenvalue weighted by Crippen LogP contribution is -2.06. The zero-order chi connectivity index (χ0) is 13.3. The number of rotatable bonds is 4. The maximum absolute atomic E-state index is 11.0.